The third-order valence-electron chi connectivity index (χ3n) is 5.73. The van der Waals surface area contributed by atoms with E-state index in [-0.39, 0.29) is 11.7 Å². The number of ether oxygens (including phenoxy) is 1. The molecule has 0 spiro atoms. The van der Waals surface area contributed by atoms with Gasteiger partial charge in [-0.1, -0.05) is 0 Å². The Morgan fingerprint density at radius 3 is 2.58 bits per heavy atom. The van der Waals surface area contributed by atoms with Crippen LogP contribution in [0.1, 0.15) is 26.8 Å². The predicted octanol–water partition coefficient (Wildman–Crippen LogP) is 2.61. The summed E-state index contributed by atoms with van der Waals surface area (Å²) in [6, 6.07) is 6.18. The number of aryl methyl sites for hydroxylation is 1. The largest absolute Gasteiger partial charge is 0.492 e. The van der Waals surface area contributed by atoms with E-state index >= 15 is 0 Å². The molecule has 9 nitrogen and oxygen atoms in total. The number of hydrogen-bond acceptors (Lipinski definition) is 7. The minimum Gasteiger partial charge on any atom is -0.492 e. The van der Waals surface area contributed by atoms with Crippen molar-refractivity contribution in [3.05, 3.63) is 34.9 Å². The van der Waals surface area contributed by atoms with Gasteiger partial charge in [0.15, 0.2) is 5.65 Å². The number of fused-ring (bicyclic) bond motifs is 1. The molecule has 0 atom stereocenters. The van der Waals surface area contributed by atoms with E-state index in [4.69, 9.17) is 4.74 Å². The molecule has 2 aromatic heterocycles. The van der Waals surface area contributed by atoms with Crippen molar-refractivity contribution < 1.29 is 4.74 Å². The molecule has 0 aliphatic carbocycles. The Morgan fingerprint density at radius 2 is 1.90 bits per heavy atom. The minimum absolute atomic E-state index is 0.000747. The highest BCUT2D eigenvalue weighted by atomic mass is 16.5. The summed E-state index contributed by atoms with van der Waals surface area (Å²) in [4.78, 5) is 26.3. The number of benzene rings is 1. The van der Waals surface area contributed by atoms with Crippen LogP contribution in [-0.2, 0) is 7.05 Å². The van der Waals surface area contributed by atoms with Crippen molar-refractivity contribution in [2.75, 3.05) is 50.1 Å². The summed E-state index contributed by atoms with van der Waals surface area (Å²) < 4.78 is 9.18. The highest BCUT2D eigenvalue weighted by molar-refractivity contribution is 5.74. The highest BCUT2D eigenvalue weighted by Crippen LogP contribution is 2.32. The van der Waals surface area contributed by atoms with Crippen LogP contribution in [0.2, 0.25) is 0 Å². The fourth-order valence-corrected chi connectivity index (χ4v) is 3.93. The van der Waals surface area contributed by atoms with Crippen molar-refractivity contribution in [3.8, 4) is 5.75 Å². The SMILES string of the molecule is CCOc1cc(N2CCN(C)CC2)ccc1Nc1ncc2c(n1)n(C(C)C)c(=O)n2C. The zero-order chi connectivity index (χ0) is 22.1. The summed E-state index contributed by atoms with van der Waals surface area (Å²) in [5.74, 6) is 1.19. The minimum atomic E-state index is -0.0945. The zero-order valence-corrected chi connectivity index (χ0v) is 18.9. The maximum atomic E-state index is 12.6. The Hall–Kier alpha value is -3.07. The Bertz CT molecular complexity index is 1130. The Balaban J connectivity index is 1.66. The zero-order valence-electron chi connectivity index (χ0n) is 18.9. The monoisotopic (exact) mass is 425 g/mol. The van der Waals surface area contributed by atoms with Crippen molar-refractivity contribution in [3.63, 3.8) is 0 Å². The number of nitrogens with one attached hydrogen (secondary N) is 1. The van der Waals surface area contributed by atoms with Gasteiger partial charge in [-0.15, -0.1) is 0 Å². The maximum Gasteiger partial charge on any atom is 0.330 e. The van der Waals surface area contributed by atoms with Crippen LogP contribution in [0.25, 0.3) is 11.2 Å². The Labute approximate surface area is 182 Å². The van der Waals surface area contributed by atoms with Crippen molar-refractivity contribution in [2.45, 2.75) is 26.8 Å². The Morgan fingerprint density at radius 1 is 1.16 bits per heavy atom. The van der Waals surface area contributed by atoms with Gasteiger partial charge in [-0.2, -0.15) is 4.98 Å². The lowest BCUT2D eigenvalue weighted by molar-refractivity contribution is 0.312. The summed E-state index contributed by atoms with van der Waals surface area (Å²) in [7, 11) is 3.89. The van der Waals surface area contributed by atoms with Gasteiger partial charge in [-0.3, -0.25) is 9.13 Å². The lowest BCUT2D eigenvalue weighted by Crippen LogP contribution is -2.44. The third-order valence-corrected chi connectivity index (χ3v) is 5.73. The fraction of sp³-hybridized carbons (Fsp3) is 0.500. The molecule has 4 rings (SSSR count). The molecule has 1 fully saturated rings. The van der Waals surface area contributed by atoms with E-state index in [1.165, 1.54) is 0 Å². The number of rotatable bonds is 6. The molecule has 1 N–H and O–H groups in total. The van der Waals surface area contributed by atoms with Crippen molar-refractivity contribution >= 4 is 28.5 Å². The van der Waals surface area contributed by atoms with Gasteiger partial charge >= 0.3 is 5.69 Å². The first-order chi connectivity index (χ1) is 14.9. The molecule has 1 aliphatic heterocycles. The number of nitrogens with zero attached hydrogens (tertiary/aromatic N) is 6. The van der Waals surface area contributed by atoms with E-state index in [0.29, 0.717) is 23.7 Å². The average molecular weight is 426 g/mol. The van der Waals surface area contributed by atoms with Crippen LogP contribution in [0.4, 0.5) is 17.3 Å². The second kappa shape index (κ2) is 8.58. The van der Waals surface area contributed by atoms with E-state index in [2.05, 4.69) is 44.3 Å². The number of anilines is 3. The van der Waals surface area contributed by atoms with Crippen molar-refractivity contribution in [1.82, 2.24) is 24.0 Å². The molecule has 1 aromatic carbocycles. The van der Waals surface area contributed by atoms with Gasteiger partial charge < -0.3 is 19.9 Å². The fourth-order valence-electron chi connectivity index (χ4n) is 3.93. The number of hydrogen-bond donors (Lipinski definition) is 1. The van der Waals surface area contributed by atoms with Gasteiger partial charge in [0, 0.05) is 51.0 Å². The average Bonchev–Trinajstić information content (AvgIpc) is 3.00. The van der Waals surface area contributed by atoms with Crippen LogP contribution in [0.15, 0.2) is 29.2 Å². The van der Waals surface area contributed by atoms with Gasteiger partial charge in [0.1, 0.15) is 11.3 Å². The second-order valence-corrected chi connectivity index (χ2v) is 8.24. The Kier molecular flexibility index (Phi) is 5.86. The lowest BCUT2D eigenvalue weighted by atomic mass is 10.2. The van der Waals surface area contributed by atoms with Crippen LogP contribution in [0, 0.1) is 0 Å². The smallest absolute Gasteiger partial charge is 0.330 e. The first kappa shape index (κ1) is 21.2. The molecule has 31 heavy (non-hydrogen) atoms. The summed E-state index contributed by atoms with van der Waals surface area (Å²) in [6.07, 6.45) is 1.68. The quantitative estimate of drug-likeness (QED) is 0.650. The molecule has 3 heterocycles. The van der Waals surface area contributed by atoms with Crippen LogP contribution in [-0.4, -0.2) is 63.8 Å². The molecule has 1 saturated heterocycles. The molecule has 3 aromatic rings. The van der Waals surface area contributed by atoms with Gasteiger partial charge in [-0.05, 0) is 40.0 Å². The van der Waals surface area contributed by atoms with Crippen LogP contribution in [0.3, 0.4) is 0 Å². The number of imidazole rings is 1. The third kappa shape index (κ3) is 4.10. The first-order valence-electron chi connectivity index (χ1n) is 10.8. The molecule has 9 heteroatoms. The summed E-state index contributed by atoms with van der Waals surface area (Å²) in [6.45, 7) is 10.6. The van der Waals surface area contributed by atoms with Crippen molar-refractivity contribution in [2.24, 2.45) is 7.05 Å². The van der Waals surface area contributed by atoms with Crippen LogP contribution < -0.4 is 20.6 Å². The second-order valence-electron chi connectivity index (χ2n) is 8.24. The predicted molar refractivity (Wildman–Crippen MR) is 124 cm³/mol. The van der Waals surface area contributed by atoms with E-state index < -0.39 is 0 Å². The van der Waals surface area contributed by atoms with Gasteiger partial charge in [0.25, 0.3) is 0 Å². The molecule has 0 unspecified atom stereocenters. The number of likely N-dealkylation sites (N-methyl/N-ethyl adjacent to an activating group) is 1. The van der Waals surface area contributed by atoms with E-state index in [1.54, 1.807) is 22.4 Å². The van der Waals surface area contributed by atoms with E-state index in [9.17, 15) is 4.79 Å². The summed E-state index contributed by atoms with van der Waals surface area (Å²) >= 11 is 0. The van der Waals surface area contributed by atoms with Gasteiger partial charge in [-0.25, -0.2) is 9.78 Å². The van der Waals surface area contributed by atoms with Crippen LogP contribution in [0.5, 0.6) is 5.75 Å². The molecule has 1 aliphatic rings. The number of piperazine rings is 1. The van der Waals surface area contributed by atoms with Crippen molar-refractivity contribution in [1.29, 1.82) is 0 Å². The molecule has 0 radical (unpaired) electrons. The molecule has 0 bridgehead atoms. The molecular formula is C22H31N7O2. The van der Waals surface area contributed by atoms with Crippen LogP contribution >= 0.6 is 0 Å². The molecule has 0 saturated carbocycles. The molecule has 0 amide bonds. The first-order valence-corrected chi connectivity index (χ1v) is 10.8. The number of aromatic nitrogens is 4. The topological polar surface area (TPSA) is 80.5 Å². The maximum absolute atomic E-state index is 12.6. The standard InChI is InChI=1S/C22H31N7O2/c1-6-31-19-13-16(28-11-9-26(4)10-12-28)7-8-17(19)24-21-23-14-18-20(25-21)29(15(2)3)22(30)27(18)5/h7-8,13-15H,6,9-12H2,1-5H3,(H,23,24,25). The normalized spacial score (nSPS) is 15.1. The molecular weight excluding hydrogens is 394 g/mol. The molecule has 166 valence electrons. The van der Waals surface area contributed by atoms with E-state index in [0.717, 1.165) is 43.3 Å². The van der Waals surface area contributed by atoms with Gasteiger partial charge in [0.2, 0.25) is 5.95 Å². The summed E-state index contributed by atoms with van der Waals surface area (Å²) in [5.41, 5.74) is 3.18. The van der Waals surface area contributed by atoms with Gasteiger partial charge in [0.05, 0.1) is 18.5 Å². The lowest BCUT2D eigenvalue weighted by Gasteiger charge is -2.34. The summed E-state index contributed by atoms with van der Waals surface area (Å²) in [5, 5.41) is 3.28. The highest BCUT2D eigenvalue weighted by Gasteiger charge is 2.18. The van der Waals surface area contributed by atoms with E-state index in [1.807, 2.05) is 26.8 Å².